The molecule has 16 heteroatoms. The van der Waals surface area contributed by atoms with Gasteiger partial charge in [0, 0.05) is 24.0 Å². The van der Waals surface area contributed by atoms with Crippen molar-refractivity contribution in [3.8, 4) is 11.4 Å². The minimum absolute atomic E-state index is 0.0566. The van der Waals surface area contributed by atoms with E-state index in [2.05, 4.69) is 25.6 Å². The molecule has 1 saturated carbocycles. The molecule has 1 aliphatic carbocycles. The zero-order chi connectivity index (χ0) is 31.9. The molecule has 4 aromatic rings. The number of pyridine rings is 1. The van der Waals surface area contributed by atoms with Crippen LogP contribution < -0.4 is 4.90 Å². The van der Waals surface area contributed by atoms with Crippen LogP contribution in [0.25, 0.3) is 11.4 Å². The van der Waals surface area contributed by atoms with Crippen LogP contribution in [-0.2, 0) is 21.4 Å². The highest BCUT2D eigenvalue weighted by atomic mass is 32.2. The summed E-state index contributed by atoms with van der Waals surface area (Å²) in [5.74, 6) is -12.4. The molecule has 0 bridgehead atoms. The third-order valence-corrected chi connectivity index (χ3v) is 10.2. The lowest BCUT2D eigenvalue weighted by Crippen LogP contribution is -2.59. The van der Waals surface area contributed by atoms with E-state index < -0.39 is 56.0 Å². The first kappa shape index (κ1) is 30.7. The van der Waals surface area contributed by atoms with Crippen LogP contribution in [0, 0.1) is 29.1 Å². The number of nitrogens with one attached hydrogen (secondary N) is 1. The quantitative estimate of drug-likeness (QED) is 0.162. The molecule has 0 unspecified atom stereocenters. The molecule has 1 N–H and O–H groups in total. The fourth-order valence-electron chi connectivity index (χ4n) is 5.75. The summed E-state index contributed by atoms with van der Waals surface area (Å²) in [7, 11) is -5.32. The predicted octanol–water partition coefficient (Wildman–Crippen LogP) is 5.00. The van der Waals surface area contributed by atoms with Gasteiger partial charge in [0.05, 0.1) is 12.2 Å². The third kappa shape index (κ3) is 5.67. The first-order valence-electron chi connectivity index (χ1n) is 14.2. The second kappa shape index (κ2) is 12.2. The topological polar surface area (TPSA) is 125 Å². The molecule has 1 atom stereocenters. The number of sulfonamides is 1. The van der Waals surface area contributed by atoms with Gasteiger partial charge >= 0.3 is 0 Å². The Morgan fingerprint density at radius 3 is 2.11 bits per heavy atom. The highest BCUT2D eigenvalue weighted by molar-refractivity contribution is 7.89. The maximum atomic E-state index is 14.5. The summed E-state index contributed by atoms with van der Waals surface area (Å²) in [6, 6.07) is 8.62. The van der Waals surface area contributed by atoms with Crippen molar-refractivity contribution in [3.63, 3.8) is 0 Å². The van der Waals surface area contributed by atoms with Crippen LogP contribution >= 0.6 is 0 Å². The minimum atomic E-state index is -5.32. The Hall–Kier alpha value is -4.31. The number of tetrazole rings is 1. The van der Waals surface area contributed by atoms with Crippen LogP contribution in [0.5, 0.6) is 0 Å². The molecule has 236 valence electrons. The van der Waals surface area contributed by atoms with Crippen molar-refractivity contribution in [2.45, 2.75) is 61.9 Å². The first-order valence-corrected chi connectivity index (χ1v) is 15.6. The number of hydrogen-bond donors (Lipinski definition) is 1. The van der Waals surface area contributed by atoms with Gasteiger partial charge in [0.1, 0.15) is 6.04 Å². The van der Waals surface area contributed by atoms with Crippen LogP contribution in [0.15, 0.2) is 47.5 Å². The van der Waals surface area contributed by atoms with E-state index in [1.54, 1.807) is 36.5 Å². The van der Waals surface area contributed by atoms with Gasteiger partial charge in [-0.05, 0) is 66.3 Å². The maximum absolute atomic E-state index is 14.5. The number of halogens is 5. The lowest BCUT2D eigenvalue weighted by atomic mass is 9.85. The Morgan fingerprint density at radius 2 is 1.56 bits per heavy atom. The normalized spacial score (nSPS) is 17.7. The Morgan fingerprint density at radius 1 is 0.889 bits per heavy atom. The fraction of sp³-hybridized carbons (Fsp3) is 0.345. The van der Waals surface area contributed by atoms with Crippen LogP contribution in [0.2, 0.25) is 0 Å². The van der Waals surface area contributed by atoms with Crippen molar-refractivity contribution < 1.29 is 35.2 Å². The zero-order valence-electron chi connectivity index (χ0n) is 23.6. The van der Waals surface area contributed by atoms with E-state index in [4.69, 9.17) is 0 Å². The van der Waals surface area contributed by atoms with Gasteiger partial charge < -0.3 is 4.90 Å². The maximum Gasteiger partial charge on any atom is 0.249 e. The Bertz CT molecular complexity index is 1790. The minimum Gasteiger partial charge on any atom is -0.305 e. The summed E-state index contributed by atoms with van der Waals surface area (Å²) in [5, 5.41) is 13.7. The molecule has 2 aromatic carbocycles. The van der Waals surface area contributed by atoms with Crippen LogP contribution in [0.3, 0.4) is 0 Å². The monoisotopic (exact) mass is 647 g/mol. The van der Waals surface area contributed by atoms with E-state index in [0.717, 1.165) is 31.2 Å². The smallest absolute Gasteiger partial charge is 0.249 e. The van der Waals surface area contributed by atoms with Gasteiger partial charge in [-0.2, -0.15) is 9.52 Å². The van der Waals surface area contributed by atoms with E-state index in [1.165, 1.54) is 11.3 Å². The fourth-order valence-corrected chi connectivity index (χ4v) is 7.49. The zero-order valence-corrected chi connectivity index (χ0v) is 24.4. The summed E-state index contributed by atoms with van der Waals surface area (Å²) < 4.78 is 97.4. The third-order valence-electron chi connectivity index (χ3n) is 8.28. The second-order valence-electron chi connectivity index (χ2n) is 10.9. The molecule has 1 amide bonds. The average Bonchev–Trinajstić information content (AvgIpc) is 3.57. The molecular weight excluding hydrogens is 621 g/mol. The Kier molecular flexibility index (Phi) is 8.35. The molecule has 1 aliphatic heterocycles. The number of nitrogens with zero attached hydrogens (tertiary/aromatic N) is 6. The number of aromatic amines is 1. The van der Waals surface area contributed by atoms with Crippen molar-refractivity contribution in [3.05, 3.63) is 82.9 Å². The molecule has 2 fully saturated rings. The van der Waals surface area contributed by atoms with Crippen LogP contribution in [-0.4, -0.2) is 56.8 Å². The molecule has 1 saturated heterocycles. The number of aromatic nitrogens is 5. The van der Waals surface area contributed by atoms with Gasteiger partial charge in [-0.1, -0.05) is 25.3 Å². The lowest BCUT2D eigenvalue weighted by Gasteiger charge is -2.41. The summed E-state index contributed by atoms with van der Waals surface area (Å²) in [6.45, 7) is -0.477. The van der Waals surface area contributed by atoms with Gasteiger partial charge in [-0.3, -0.25) is 9.78 Å². The number of H-pyrrole nitrogens is 1. The van der Waals surface area contributed by atoms with E-state index in [0.29, 0.717) is 33.0 Å². The number of anilines is 1. The predicted molar refractivity (Wildman–Crippen MR) is 149 cm³/mol. The Labute approximate surface area is 254 Å². The van der Waals surface area contributed by atoms with Crippen LogP contribution in [0.1, 0.15) is 55.7 Å². The van der Waals surface area contributed by atoms with E-state index >= 15 is 0 Å². The van der Waals surface area contributed by atoms with Crippen LogP contribution in [0.4, 0.5) is 27.6 Å². The molecule has 0 radical (unpaired) electrons. The number of hydrogen-bond acceptors (Lipinski definition) is 7. The lowest BCUT2D eigenvalue weighted by molar-refractivity contribution is -0.125. The first-order chi connectivity index (χ1) is 21.6. The standard InChI is InChI=1S/C29H26F5N7O3S/c30-22-23(31)25(33)27(26(34)24(22)32)45(43,44)41-13-12-21(41)29(42)40(20-10-7-17(8-11-20)28-36-38-39-37-28)15-19-9-6-18(14-35-19)16-4-2-1-3-5-16/h6-11,14,16,21H,1-5,12-13,15H2,(H,36,37,38,39)/t21-/m1/s1. The van der Waals surface area contributed by atoms with Crippen molar-refractivity contribution in [2.75, 3.05) is 11.4 Å². The average molecular weight is 648 g/mol. The number of carbonyl (C=O) groups excluding carboxylic acids is 1. The van der Waals surface area contributed by atoms with Gasteiger partial charge in [0.15, 0.2) is 28.2 Å². The largest absolute Gasteiger partial charge is 0.305 e. The molecular formula is C29H26F5N7O3S. The molecule has 2 aromatic heterocycles. The number of benzene rings is 2. The molecule has 10 nitrogen and oxygen atoms in total. The molecule has 6 rings (SSSR count). The second-order valence-corrected chi connectivity index (χ2v) is 12.8. The van der Waals surface area contributed by atoms with Gasteiger partial charge in [0.2, 0.25) is 27.6 Å². The highest BCUT2D eigenvalue weighted by Gasteiger charge is 2.48. The molecule has 2 aliphatic rings. The van der Waals surface area contributed by atoms with E-state index in [1.807, 2.05) is 6.07 Å². The SMILES string of the molecule is O=C([C@H]1CCN1S(=O)(=O)c1c(F)c(F)c(F)c(F)c1F)N(Cc1ccc(C2CCCCC2)cn1)c1ccc(-c2nn[nH]n2)cc1. The summed E-state index contributed by atoms with van der Waals surface area (Å²) in [5.41, 5.74) is 2.46. The molecule has 3 heterocycles. The van der Waals surface area contributed by atoms with Crippen molar-refractivity contribution in [1.82, 2.24) is 29.9 Å². The van der Waals surface area contributed by atoms with E-state index in [9.17, 15) is 35.2 Å². The van der Waals surface area contributed by atoms with Gasteiger partial charge in [-0.15, -0.1) is 10.2 Å². The summed E-state index contributed by atoms with van der Waals surface area (Å²) in [6.07, 6.45) is 7.31. The number of carbonyl (C=O) groups is 1. The van der Waals surface area contributed by atoms with Crippen molar-refractivity contribution in [1.29, 1.82) is 0 Å². The van der Waals surface area contributed by atoms with Gasteiger partial charge in [-0.25, -0.2) is 30.4 Å². The molecule has 0 spiro atoms. The highest BCUT2D eigenvalue weighted by Crippen LogP contribution is 2.36. The molecule has 45 heavy (non-hydrogen) atoms. The Balaban J connectivity index is 1.31. The number of rotatable bonds is 8. The van der Waals surface area contributed by atoms with Crippen molar-refractivity contribution in [2.24, 2.45) is 0 Å². The summed E-state index contributed by atoms with van der Waals surface area (Å²) in [4.78, 5) is 17.8. The van der Waals surface area contributed by atoms with Crippen molar-refractivity contribution >= 4 is 21.6 Å². The van der Waals surface area contributed by atoms with Gasteiger partial charge in [0.25, 0.3) is 0 Å². The number of amides is 1. The summed E-state index contributed by atoms with van der Waals surface area (Å²) >= 11 is 0. The van der Waals surface area contributed by atoms with E-state index in [-0.39, 0.29) is 19.5 Å².